The highest BCUT2D eigenvalue weighted by molar-refractivity contribution is 5.81. The van der Waals surface area contributed by atoms with Crippen molar-refractivity contribution < 1.29 is 14.6 Å². The van der Waals surface area contributed by atoms with Crippen molar-refractivity contribution >= 4 is 5.91 Å². The quantitative estimate of drug-likeness (QED) is 0.529. The molecule has 1 unspecified atom stereocenters. The standard InChI is InChI=1S/C7H16N2O3/c1-9(3-4-10)7(11)6(8)5-12-2/h6,10H,3-5,8H2,1-2H3. The zero-order chi connectivity index (χ0) is 9.56. The summed E-state index contributed by atoms with van der Waals surface area (Å²) in [6.45, 7) is 0.451. The molecule has 5 heteroatoms. The second kappa shape index (κ2) is 5.93. The molecule has 12 heavy (non-hydrogen) atoms. The summed E-state index contributed by atoms with van der Waals surface area (Å²) < 4.78 is 4.72. The number of nitrogens with zero attached hydrogens (tertiary/aromatic N) is 1. The van der Waals surface area contributed by atoms with Crippen molar-refractivity contribution in [2.75, 3.05) is 33.9 Å². The molecule has 1 amide bonds. The molecule has 5 nitrogen and oxygen atoms in total. The normalized spacial score (nSPS) is 12.7. The number of nitrogens with two attached hydrogens (primary N) is 1. The Morgan fingerprint density at radius 3 is 2.75 bits per heavy atom. The average Bonchev–Trinajstić information content (AvgIpc) is 2.04. The van der Waals surface area contributed by atoms with E-state index in [9.17, 15) is 4.79 Å². The number of hydrogen-bond donors (Lipinski definition) is 2. The van der Waals surface area contributed by atoms with Crippen molar-refractivity contribution in [3.8, 4) is 0 Å². The molecule has 0 bridgehead atoms. The number of ether oxygens (including phenoxy) is 1. The minimum atomic E-state index is -0.633. The Morgan fingerprint density at radius 2 is 2.33 bits per heavy atom. The number of carbonyl (C=O) groups excluding carboxylic acids is 1. The molecular weight excluding hydrogens is 160 g/mol. The molecule has 0 aliphatic heterocycles. The van der Waals surface area contributed by atoms with E-state index in [0.717, 1.165) is 0 Å². The van der Waals surface area contributed by atoms with Gasteiger partial charge in [0.1, 0.15) is 6.04 Å². The summed E-state index contributed by atoms with van der Waals surface area (Å²) in [6, 6.07) is -0.633. The van der Waals surface area contributed by atoms with Gasteiger partial charge in [0, 0.05) is 20.7 Å². The summed E-state index contributed by atoms with van der Waals surface area (Å²) in [5, 5.41) is 8.53. The summed E-state index contributed by atoms with van der Waals surface area (Å²) in [7, 11) is 3.08. The van der Waals surface area contributed by atoms with Crippen LogP contribution in [-0.2, 0) is 9.53 Å². The van der Waals surface area contributed by atoms with Gasteiger partial charge in [0.2, 0.25) is 5.91 Å². The highest BCUT2D eigenvalue weighted by Gasteiger charge is 2.16. The Bertz CT molecular complexity index is 127. The van der Waals surface area contributed by atoms with E-state index in [1.54, 1.807) is 7.05 Å². The van der Waals surface area contributed by atoms with Crippen molar-refractivity contribution in [1.82, 2.24) is 4.90 Å². The minimum absolute atomic E-state index is 0.0536. The van der Waals surface area contributed by atoms with Crippen LogP contribution in [0.25, 0.3) is 0 Å². The molecule has 1 atom stereocenters. The fourth-order valence-corrected chi connectivity index (χ4v) is 0.794. The number of likely N-dealkylation sites (N-methyl/N-ethyl adjacent to an activating group) is 1. The van der Waals surface area contributed by atoms with Gasteiger partial charge in [-0.05, 0) is 0 Å². The van der Waals surface area contributed by atoms with Gasteiger partial charge in [-0.15, -0.1) is 0 Å². The van der Waals surface area contributed by atoms with Crippen LogP contribution >= 0.6 is 0 Å². The van der Waals surface area contributed by atoms with Gasteiger partial charge >= 0.3 is 0 Å². The number of methoxy groups -OCH3 is 1. The lowest BCUT2D eigenvalue weighted by atomic mass is 10.3. The molecule has 0 saturated carbocycles. The smallest absolute Gasteiger partial charge is 0.241 e. The van der Waals surface area contributed by atoms with Gasteiger partial charge in [0.15, 0.2) is 0 Å². The highest BCUT2D eigenvalue weighted by Crippen LogP contribution is 1.89. The maximum Gasteiger partial charge on any atom is 0.241 e. The molecule has 72 valence electrons. The molecule has 0 aromatic rings. The lowest BCUT2D eigenvalue weighted by Crippen LogP contribution is -2.45. The molecule has 0 fully saturated rings. The number of aliphatic hydroxyl groups excluding tert-OH is 1. The molecule has 0 heterocycles. The summed E-state index contributed by atoms with van der Waals surface area (Å²) in [4.78, 5) is 12.6. The van der Waals surface area contributed by atoms with Crippen LogP contribution in [0.3, 0.4) is 0 Å². The van der Waals surface area contributed by atoms with E-state index >= 15 is 0 Å². The zero-order valence-corrected chi connectivity index (χ0v) is 7.49. The largest absolute Gasteiger partial charge is 0.395 e. The van der Waals surface area contributed by atoms with Crippen molar-refractivity contribution in [3.05, 3.63) is 0 Å². The molecule has 0 spiro atoms. The lowest BCUT2D eigenvalue weighted by Gasteiger charge is -2.19. The van der Waals surface area contributed by atoms with Crippen LogP contribution < -0.4 is 5.73 Å². The lowest BCUT2D eigenvalue weighted by molar-refractivity contribution is -0.132. The number of carbonyl (C=O) groups is 1. The van der Waals surface area contributed by atoms with Gasteiger partial charge in [-0.3, -0.25) is 4.79 Å². The SMILES string of the molecule is COCC(N)C(=O)N(C)CCO. The Kier molecular flexibility index (Phi) is 5.61. The molecule has 0 rings (SSSR count). The number of rotatable bonds is 5. The van der Waals surface area contributed by atoms with Crippen LogP contribution in [0.2, 0.25) is 0 Å². The van der Waals surface area contributed by atoms with E-state index in [4.69, 9.17) is 15.6 Å². The van der Waals surface area contributed by atoms with Gasteiger partial charge in [-0.25, -0.2) is 0 Å². The van der Waals surface area contributed by atoms with E-state index in [-0.39, 0.29) is 19.1 Å². The second-order valence-electron chi connectivity index (χ2n) is 2.55. The molecular formula is C7H16N2O3. The fraction of sp³-hybridized carbons (Fsp3) is 0.857. The van der Waals surface area contributed by atoms with Gasteiger partial charge in [-0.2, -0.15) is 0 Å². The molecule has 0 aromatic carbocycles. The zero-order valence-electron chi connectivity index (χ0n) is 7.49. The first-order valence-corrected chi connectivity index (χ1v) is 3.73. The van der Waals surface area contributed by atoms with Gasteiger partial charge in [0.25, 0.3) is 0 Å². The van der Waals surface area contributed by atoms with Gasteiger partial charge < -0.3 is 20.5 Å². The summed E-state index contributed by atoms with van der Waals surface area (Å²) in [5.74, 6) is -0.217. The van der Waals surface area contributed by atoms with Crippen LogP contribution in [0.15, 0.2) is 0 Å². The van der Waals surface area contributed by atoms with Gasteiger partial charge in [0.05, 0.1) is 13.2 Å². The third-order valence-electron chi connectivity index (χ3n) is 1.48. The Balaban J connectivity index is 3.82. The number of amides is 1. The maximum absolute atomic E-state index is 11.2. The topological polar surface area (TPSA) is 75.8 Å². The van der Waals surface area contributed by atoms with Crippen molar-refractivity contribution in [2.45, 2.75) is 6.04 Å². The molecule has 0 radical (unpaired) electrons. The highest BCUT2D eigenvalue weighted by atomic mass is 16.5. The van der Waals surface area contributed by atoms with Crippen LogP contribution in [0.1, 0.15) is 0 Å². The first kappa shape index (κ1) is 11.4. The first-order valence-electron chi connectivity index (χ1n) is 3.73. The maximum atomic E-state index is 11.2. The van der Waals surface area contributed by atoms with Crippen LogP contribution in [0.4, 0.5) is 0 Å². The third kappa shape index (κ3) is 3.66. The predicted molar refractivity (Wildman–Crippen MR) is 44.6 cm³/mol. The van der Waals surface area contributed by atoms with Crippen molar-refractivity contribution in [2.24, 2.45) is 5.73 Å². The third-order valence-corrected chi connectivity index (χ3v) is 1.48. The van der Waals surface area contributed by atoms with Crippen molar-refractivity contribution in [1.29, 1.82) is 0 Å². The Morgan fingerprint density at radius 1 is 1.75 bits per heavy atom. The van der Waals surface area contributed by atoms with E-state index in [0.29, 0.717) is 6.54 Å². The van der Waals surface area contributed by atoms with Crippen LogP contribution in [0, 0.1) is 0 Å². The van der Waals surface area contributed by atoms with Crippen molar-refractivity contribution in [3.63, 3.8) is 0 Å². The van der Waals surface area contributed by atoms with Crippen LogP contribution in [0.5, 0.6) is 0 Å². The molecule has 0 aliphatic carbocycles. The first-order chi connectivity index (χ1) is 5.63. The van der Waals surface area contributed by atoms with E-state index in [1.807, 2.05) is 0 Å². The second-order valence-corrected chi connectivity index (χ2v) is 2.55. The van der Waals surface area contributed by atoms with Gasteiger partial charge in [-0.1, -0.05) is 0 Å². The average molecular weight is 176 g/mol. The Labute approximate surface area is 72.1 Å². The summed E-state index contributed by atoms with van der Waals surface area (Å²) in [6.07, 6.45) is 0. The number of aliphatic hydroxyl groups is 1. The minimum Gasteiger partial charge on any atom is -0.395 e. The number of hydrogen-bond acceptors (Lipinski definition) is 4. The van der Waals surface area contributed by atoms with E-state index in [2.05, 4.69) is 0 Å². The Hall–Kier alpha value is -0.650. The summed E-state index contributed by atoms with van der Waals surface area (Å²) >= 11 is 0. The fourth-order valence-electron chi connectivity index (χ4n) is 0.794. The van der Waals surface area contributed by atoms with Crippen LogP contribution in [-0.4, -0.2) is 55.9 Å². The van der Waals surface area contributed by atoms with E-state index < -0.39 is 6.04 Å². The summed E-state index contributed by atoms with van der Waals surface area (Å²) in [5.41, 5.74) is 5.46. The van der Waals surface area contributed by atoms with E-state index in [1.165, 1.54) is 12.0 Å². The molecule has 0 saturated heterocycles. The predicted octanol–water partition coefficient (Wildman–Crippen LogP) is -1.59. The monoisotopic (exact) mass is 176 g/mol. The molecule has 0 aromatic heterocycles. The molecule has 3 N–H and O–H groups in total. The molecule has 0 aliphatic rings.